The molecule has 0 saturated carbocycles. The van der Waals surface area contributed by atoms with Crippen molar-refractivity contribution in [3.05, 3.63) is 58.0 Å². The lowest BCUT2D eigenvalue weighted by Gasteiger charge is -2.18. The van der Waals surface area contributed by atoms with Crippen LogP contribution < -0.4 is 14.4 Å². The quantitative estimate of drug-likeness (QED) is 0.562. The maximum atomic E-state index is 13.0. The summed E-state index contributed by atoms with van der Waals surface area (Å²) in [5.74, 6) is 1.08. The number of carbonyl (C=O) groups excluding carboxylic acids is 1. The van der Waals surface area contributed by atoms with Crippen molar-refractivity contribution in [3.8, 4) is 11.5 Å². The summed E-state index contributed by atoms with van der Waals surface area (Å²) in [5, 5.41) is 0. The van der Waals surface area contributed by atoms with Gasteiger partial charge in [0.25, 0.3) is 5.91 Å². The summed E-state index contributed by atoms with van der Waals surface area (Å²) >= 11 is 6.77. The second-order valence-electron chi connectivity index (χ2n) is 5.82. The van der Waals surface area contributed by atoms with Crippen LogP contribution in [-0.4, -0.2) is 24.4 Å². The van der Waals surface area contributed by atoms with Crippen LogP contribution in [0.3, 0.4) is 0 Å². The van der Waals surface area contributed by atoms with Crippen molar-refractivity contribution < 1.29 is 14.3 Å². The number of thioether (sulfide) groups is 1. The van der Waals surface area contributed by atoms with Crippen molar-refractivity contribution in [2.45, 2.75) is 13.8 Å². The molecule has 1 aliphatic heterocycles. The molecule has 1 amide bonds. The Kier molecular flexibility index (Phi) is 5.34. The summed E-state index contributed by atoms with van der Waals surface area (Å²) in [6.45, 7) is 4.02. The molecule has 2 aromatic rings. The number of methoxy groups -OCH3 is 2. The molecule has 0 unspecified atom stereocenters. The van der Waals surface area contributed by atoms with Gasteiger partial charge in [0.05, 0.1) is 24.8 Å². The van der Waals surface area contributed by atoms with E-state index in [1.807, 2.05) is 50.2 Å². The third kappa shape index (κ3) is 3.22. The Bertz CT molecular complexity index is 921. The molecule has 1 fully saturated rings. The Morgan fingerprint density at radius 1 is 1.08 bits per heavy atom. The number of ether oxygens (including phenoxy) is 2. The molecule has 1 saturated heterocycles. The molecule has 4 nitrogen and oxygen atoms in total. The van der Waals surface area contributed by atoms with E-state index in [9.17, 15) is 4.79 Å². The molecular weight excluding hydrogens is 366 g/mol. The van der Waals surface area contributed by atoms with Crippen molar-refractivity contribution in [1.82, 2.24) is 0 Å². The number of benzene rings is 2. The lowest BCUT2D eigenvalue weighted by atomic mass is 10.1. The molecule has 134 valence electrons. The second-order valence-corrected chi connectivity index (χ2v) is 7.49. The largest absolute Gasteiger partial charge is 0.493 e. The Morgan fingerprint density at radius 3 is 2.50 bits per heavy atom. The van der Waals surface area contributed by atoms with Crippen molar-refractivity contribution >= 4 is 46.0 Å². The Morgan fingerprint density at radius 2 is 1.81 bits per heavy atom. The third-order valence-corrected chi connectivity index (χ3v) is 5.63. The number of hydrogen-bond acceptors (Lipinski definition) is 5. The number of para-hydroxylation sites is 1. The van der Waals surface area contributed by atoms with Gasteiger partial charge in [-0.25, -0.2) is 0 Å². The predicted octanol–water partition coefficient (Wildman–Crippen LogP) is 4.73. The summed E-state index contributed by atoms with van der Waals surface area (Å²) in [5.41, 5.74) is 3.76. The Hall–Kier alpha value is -2.31. The fraction of sp³-hybridized carbons (Fsp3) is 0.200. The topological polar surface area (TPSA) is 38.8 Å². The summed E-state index contributed by atoms with van der Waals surface area (Å²) in [7, 11) is 3.16. The van der Waals surface area contributed by atoms with Gasteiger partial charge in [0.1, 0.15) is 0 Å². The van der Waals surface area contributed by atoms with Crippen molar-refractivity contribution in [1.29, 1.82) is 0 Å². The molecule has 1 heterocycles. The molecule has 0 N–H and O–H groups in total. The van der Waals surface area contributed by atoms with Gasteiger partial charge in [0.15, 0.2) is 15.8 Å². The fourth-order valence-electron chi connectivity index (χ4n) is 2.82. The van der Waals surface area contributed by atoms with Crippen LogP contribution in [0.25, 0.3) is 6.08 Å². The van der Waals surface area contributed by atoms with Crippen molar-refractivity contribution in [2.75, 3.05) is 19.1 Å². The zero-order valence-electron chi connectivity index (χ0n) is 15.0. The van der Waals surface area contributed by atoms with Gasteiger partial charge in [-0.15, -0.1) is 0 Å². The summed E-state index contributed by atoms with van der Waals surface area (Å²) in [4.78, 5) is 15.2. The number of aryl methyl sites for hydroxylation is 1. The van der Waals surface area contributed by atoms with Crippen LogP contribution >= 0.6 is 24.0 Å². The van der Waals surface area contributed by atoms with Crippen LogP contribution in [0.15, 0.2) is 41.3 Å². The Labute approximate surface area is 162 Å². The number of carbonyl (C=O) groups is 1. The lowest BCUT2D eigenvalue weighted by Crippen LogP contribution is -2.28. The van der Waals surface area contributed by atoms with Gasteiger partial charge in [-0.05, 0) is 43.2 Å². The van der Waals surface area contributed by atoms with E-state index in [4.69, 9.17) is 21.7 Å². The first-order valence-corrected chi connectivity index (χ1v) is 9.25. The average molecular weight is 386 g/mol. The maximum absolute atomic E-state index is 13.0. The minimum Gasteiger partial charge on any atom is -0.493 e. The first kappa shape index (κ1) is 18.5. The van der Waals surface area contributed by atoms with E-state index in [1.165, 1.54) is 11.8 Å². The molecule has 26 heavy (non-hydrogen) atoms. The van der Waals surface area contributed by atoms with Crippen LogP contribution in [0.2, 0.25) is 0 Å². The molecule has 6 heteroatoms. The number of hydrogen-bond donors (Lipinski definition) is 0. The first-order chi connectivity index (χ1) is 12.5. The molecule has 3 rings (SSSR count). The number of rotatable bonds is 4. The highest BCUT2D eigenvalue weighted by molar-refractivity contribution is 8.27. The van der Waals surface area contributed by atoms with Crippen molar-refractivity contribution in [2.24, 2.45) is 0 Å². The summed E-state index contributed by atoms with van der Waals surface area (Å²) in [6, 6.07) is 11.4. The van der Waals surface area contributed by atoms with Gasteiger partial charge in [-0.1, -0.05) is 48.2 Å². The normalized spacial score (nSPS) is 15.7. The van der Waals surface area contributed by atoms with E-state index in [-0.39, 0.29) is 5.91 Å². The summed E-state index contributed by atoms with van der Waals surface area (Å²) < 4.78 is 11.3. The van der Waals surface area contributed by atoms with E-state index >= 15 is 0 Å². The van der Waals surface area contributed by atoms with E-state index in [0.717, 1.165) is 22.4 Å². The molecule has 0 aliphatic carbocycles. The van der Waals surface area contributed by atoms with Crippen LogP contribution in [0.1, 0.15) is 16.7 Å². The lowest BCUT2D eigenvalue weighted by molar-refractivity contribution is -0.113. The highest BCUT2D eigenvalue weighted by Crippen LogP contribution is 2.40. The molecule has 0 bridgehead atoms. The van der Waals surface area contributed by atoms with Crippen molar-refractivity contribution in [3.63, 3.8) is 0 Å². The SMILES string of the molecule is COc1cccc(/C=C2\SC(=S)N(c3cccc(C)c3C)C2=O)c1OC. The van der Waals surface area contributed by atoms with Crippen LogP contribution in [0.4, 0.5) is 5.69 Å². The summed E-state index contributed by atoms with van der Waals surface area (Å²) in [6.07, 6.45) is 1.80. The van der Waals surface area contributed by atoms with Gasteiger partial charge < -0.3 is 9.47 Å². The molecular formula is C20H19NO3S2. The van der Waals surface area contributed by atoms with Gasteiger partial charge in [0.2, 0.25) is 0 Å². The predicted molar refractivity (Wildman–Crippen MR) is 111 cm³/mol. The van der Waals surface area contributed by atoms with E-state index in [2.05, 4.69) is 0 Å². The van der Waals surface area contributed by atoms with Gasteiger partial charge in [-0.2, -0.15) is 0 Å². The zero-order valence-corrected chi connectivity index (χ0v) is 16.7. The fourth-order valence-corrected chi connectivity index (χ4v) is 4.10. The van der Waals surface area contributed by atoms with Crippen LogP contribution in [0.5, 0.6) is 11.5 Å². The molecule has 0 radical (unpaired) electrons. The monoisotopic (exact) mass is 385 g/mol. The van der Waals surface area contributed by atoms with E-state index in [1.54, 1.807) is 25.2 Å². The smallest absolute Gasteiger partial charge is 0.270 e. The first-order valence-electron chi connectivity index (χ1n) is 8.03. The molecule has 0 spiro atoms. The van der Waals surface area contributed by atoms with Gasteiger partial charge >= 0.3 is 0 Å². The van der Waals surface area contributed by atoms with E-state index < -0.39 is 0 Å². The zero-order chi connectivity index (χ0) is 18.8. The van der Waals surface area contributed by atoms with Crippen LogP contribution in [-0.2, 0) is 4.79 Å². The van der Waals surface area contributed by atoms with Crippen LogP contribution in [0, 0.1) is 13.8 Å². The maximum Gasteiger partial charge on any atom is 0.270 e. The number of anilines is 1. The molecule has 1 aliphatic rings. The number of thiocarbonyl (C=S) groups is 1. The highest BCUT2D eigenvalue weighted by Gasteiger charge is 2.34. The minimum atomic E-state index is -0.126. The van der Waals surface area contributed by atoms with E-state index in [0.29, 0.717) is 20.7 Å². The molecule has 0 aromatic heterocycles. The Balaban J connectivity index is 2.02. The van der Waals surface area contributed by atoms with Gasteiger partial charge in [0, 0.05) is 5.56 Å². The minimum absolute atomic E-state index is 0.126. The average Bonchev–Trinajstić information content (AvgIpc) is 2.91. The third-order valence-electron chi connectivity index (χ3n) is 4.33. The second kappa shape index (κ2) is 7.51. The molecule has 2 aromatic carbocycles. The van der Waals surface area contributed by atoms with Gasteiger partial charge in [-0.3, -0.25) is 9.69 Å². The number of nitrogens with zero attached hydrogens (tertiary/aromatic N) is 1. The number of amides is 1. The standard InChI is InChI=1S/C20H19NO3S2/c1-12-7-5-9-15(13(12)2)21-19(22)17(26-20(21)25)11-14-8-6-10-16(23-3)18(14)24-4/h5-11H,1-4H3/b17-11-. The highest BCUT2D eigenvalue weighted by atomic mass is 32.2. The molecule has 0 atom stereocenters.